The first-order valence-electron chi connectivity index (χ1n) is 8.39. The molecule has 1 saturated carbocycles. The van der Waals surface area contributed by atoms with Crippen molar-refractivity contribution < 1.29 is 4.79 Å². The molecule has 0 spiro atoms. The molecule has 22 heavy (non-hydrogen) atoms. The smallest absolute Gasteiger partial charge is 0.239 e. The molecule has 0 bridgehead atoms. The van der Waals surface area contributed by atoms with Gasteiger partial charge >= 0.3 is 0 Å². The molecule has 0 radical (unpaired) electrons. The third kappa shape index (κ3) is 3.50. The number of rotatable bonds is 4. The number of hydrogen-bond donors (Lipinski definition) is 1. The van der Waals surface area contributed by atoms with E-state index in [-0.39, 0.29) is 5.91 Å². The zero-order chi connectivity index (χ0) is 15.5. The maximum absolute atomic E-state index is 12.4. The summed E-state index contributed by atoms with van der Waals surface area (Å²) in [5, 5.41) is 7.46. The fourth-order valence-corrected chi connectivity index (χ4v) is 3.63. The lowest BCUT2D eigenvalue weighted by atomic mass is 10.2. The summed E-state index contributed by atoms with van der Waals surface area (Å²) in [6, 6.07) is 2.78. The van der Waals surface area contributed by atoms with E-state index < -0.39 is 0 Å². The molecule has 6 nitrogen and oxygen atoms in total. The Balaban J connectivity index is 1.57. The largest absolute Gasteiger partial charge is 0.310 e. The topological polar surface area (TPSA) is 53.4 Å². The zero-order valence-electron chi connectivity index (χ0n) is 13.7. The monoisotopic (exact) mass is 305 g/mol. The Morgan fingerprint density at radius 2 is 2.14 bits per heavy atom. The number of nitrogens with one attached hydrogen (secondary N) is 1. The minimum Gasteiger partial charge on any atom is -0.310 e. The number of hydrogen-bond acceptors (Lipinski definition) is 4. The number of nitrogens with zero attached hydrogens (tertiary/aromatic N) is 4. The van der Waals surface area contributed by atoms with Crippen LogP contribution in [0, 0.1) is 0 Å². The van der Waals surface area contributed by atoms with E-state index in [1.807, 2.05) is 10.7 Å². The maximum Gasteiger partial charge on any atom is 0.239 e. The van der Waals surface area contributed by atoms with Crippen LogP contribution in [0.25, 0.3) is 0 Å². The fraction of sp³-hybridized carbons (Fsp3) is 0.750. The molecular formula is C16H27N5O. The van der Waals surface area contributed by atoms with Gasteiger partial charge in [0, 0.05) is 31.7 Å². The third-order valence-corrected chi connectivity index (χ3v) is 4.92. The molecule has 1 aromatic rings. The number of amides is 1. The first-order chi connectivity index (χ1) is 10.6. The van der Waals surface area contributed by atoms with Crippen molar-refractivity contribution in [2.24, 2.45) is 0 Å². The summed E-state index contributed by atoms with van der Waals surface area (Å²) in [7, 11) is 2.13. The van der Waals surface area contributed by atoms with E-state index >= 15 is 0 Å². The Kier molecular flexibility index (Phi) is 4.78. The van der Waals surface area contributed by atoms with Crippen LogP contribution in [0.4, 0.5) is 5.82 Å². The first-order valence-corrected chi connectivity index (χ1v) is 8.39. The summed E-state index contributed by atoms with van der Waals surface area (Å²) in [5.74, 6) is 0.912. The average molecular weight is 305 g/mol. The van der Waals surface area contributed by atoms with Crippen LogP contribution in [0.15, 0.2) is 12.3 Å². The minimum atomic E-state index is 0.0659. The van der Waals surface area contributed by atoms with Gasteiger partial charge in [0.05, 0.1) is 18.8 Å². The number of likely N-dealkylation sites (N-methyl/N-ethyl adjacent to an activating group) is 1. The lowest BCUT2D eigenvalue weighted by molar-refractivity contribution is -0.118. The molecule has 1 aromatic heterocycles. The molecule has 2 fully saturated rings. The molecule has 2 aliphatic rings. The Labute approximate surface area is 132 Å². The Bertz CT molecular complexity index is 508. The molecule has 1 amide bonds. The summed E-state index contributed by atoms with van der Waals surface area (Å²) < 4.78 is 2.00. The number of carbonyl (C=O) groups is 1. The highest BCUT2D eigenvalue weighted by molar-refractivity contribution is 5.91. The molecule has 122 valence electrons. The van der Waals surface area contributed by atoms with Crippen LogP contribution >= 0.6 is 0 Å². The third-order valence-electron chi connectivity index (χ3n) is 4.92. The normalized spacial score (nSPS) is 24.7. The van der Waals surface area contributed by atoms with E-state index in [1.54, 1.807) is 6.20 Å². The summed E-state index contributed by atoms with van der Waals surface area (Å²) >= 11 is 0. The van der Waals surface area contributed by atoms with Gasteiger partial charge in [-0.05, 0) is 26.8 Å². The van der Waals surface area contributed by atoms with Gasteiger partial charge in [-0.1, -0.05) is 12.8 Å². The summed E-state index contributed by atoms with van der Waals surface area (Å²) in [4.78, 5) is 16.9. The van der Waals surface area contributed by atoms with Crippen molar-refractivity contribution in [2.75, 3.05) is 38.5 Å². The van der Waals surface area contributed by atoms with Gasteiger partial charge in [0.25, 0.3) is 0 Å². The molecule has 6 heteroatoms. The van der Waals surface area contributed by atoms with E-state index in [9.17, 15) is 4.79 Å². The van der Waals surface area contributed by atoms with Crippen LogP contribution in [0.5, 0.6) is 0 Å². The second-order valence-corrected chi connectivity index (χ2v) is 6.73. The van der Waals surface area contributed by atoms with Crippen LogP contribution in [0.2, 0.25) is 0 Å². The second kappa shape index (κ2) is 6.79. The summed E-state index contributed by atoms with van der Waals surface area (Å²) in [5.41, 5.74) is 0. The van der Waals surface area contributed by atoms with Crippen molar-refractivity contribution >= 4 is 11.7 Å². The number of carbonyl (C=O) groups excluding carboxylic acids is 1. The highest BCUT2D eigenvalue weighted by Crippen LogP contribution is 2.31. The van der Waals surface area contributed by atoms with Gasteiger partial charge in [0.2, 0.25) is 5.91 Å². The molecule has 1 aliphatic carbocycles. The minimum absolute atomic E-state index is 0.0659. The molecule has 1 N–H and O–H groups in total. The van der Waals surface area contributed by atoms with Gasteiger partial charge in [0.15, 0.2) is 0 Å². The van der Waals surface area contributed by atoms with E-state index in [2.05, 4.69) is 34.2 Å². The second-order valence-electron chi connectivity index (χ2n) is 6.73. The van der Waals surface area contributed by atoms with Gasteiger partial charge in [-0.3, -0.25) is 9.69 Å². The van der Waals surface area contributed by atoms with E-state index in [1.165, 1.54) is 25.7 Å². The Morgan fingerprint density at radius 1 is 1.36 bits per heavy atom. The number of piperazine rings is 1. The number of aromatic nitrogens is 2. The number of anilines is 1. The average Bonchev–Trinajstić information content (AvgIpc) is 3.12. The maximum atomic E-state index is 12.4. The predicted octanol–water partition coefficient (Wildman–Crippen LogP) is 1.57. The van der Waals surface area contributed by atoms with Crippen molar-refractivity contribution in [2.45, 2.75) is 44.7 Å². The Morgan fingerprint density at radius 3 is 2.86 bits per heavy atom. The summed E-state index contributed by atoms with van der Waals surface area (Å²) in [6.45, 7) is 5.65. The van der Waals surface area contributed by atoms with Crippen molar-refractivity contribution in [3.05, 3.63) is 12.3 Å². The van der Waals surface area contributed by atoms with Gasteiger partial charge in [-0.25, -0.2) is 4.68 Å². The molecule has 0 unspecified atom stereocenters. The standard InChI is InChI=1S/C16H27N5O/c1-13-11-19(2)9-10-20(13)12-16(22)18-15-7-8-17-21(15)14-5-3-4-6-14/h7-8,13-14H,3-6,9-12H2,1-2H3,(H,18,22)/t13-/m1/s1. The molecule has 3 rings (SSSR count). The molecule has 1 atom stereocenters. The van der Waals surface area contributed by atoms with E-state index in [0.717, 1.165) is 25.5 Å². The van der Waals surface area contributed by atoms with Crippen LogP contribution in [-0.4, -0.2) is 64.8 Å². The van der Waals surface area contributed by atoms with Crippen LogP contribution < -0.4 is 5.32 Å². The van der Waals surface area contributed by atoms with Gasteiger partial charge < -0.3 is 10.2 Å². The van der Waals surface area contributed by atoms with Crippen LogP contribution in [0.1, 0.15) is 38.6 Å². The molecule has 1 saturated heterocycles. The SMILES string of the molecule is C[C@@H]1CN(C)CCN1CC(=O)Nc1ccnn1C1CCCC1. The zero-order valence-corrected chi connectivity index (χ0v) is 13.7. The van der Waals surface area contributed by atoms with Crippen LogP contribution in [-0.2, 0) is 4.79 Å². The fourth-order valence-electron chi connectivity index (χ4n) is 3.63. The van der Waals surface area contributed by atoms with Gasteiger partial charge in [-0.2, -0.15) is 5.10 Å². The van der Waals surface area contributed by atoms with E-state index in [4.69, 9.17) is 0 Å². The summed E-state index contributed by atoms with van der Waals surface area (Å²) in [6.07, 6.45) is 6.64. The Hall–Kier alpha value is -1.40. The highest BCUT2D eigenvalue weighted by atomic mass is 16.2. The lowest BCUT2D eigenvalue weighted by Gasteiger charge is -2.37. The molecule has 2 heterocycles. The van der Waals surface area contributed by atoms with Gasteiger partial charge in [-0.15, -0.1) is 0 Å². The quantitative estimate of drug-likeness (QED) is 0.917. The van der Waals surface area contributed by atoms with Crippen molar-refractivity contribution in [1.82, 2.24) is 19.6 Å². The molecule has 0 aromatic carbocycles. The van der Waals surface area contributed by atoms with Gasteiger partial charge in [0.1, 0.15) is 5.82 Å². The molecule has 1 aliphatic heterocycles. The van der Waals surface area contributed by atoms with Crippen molar-refractivity contribution in [3.63, 3.8) is 0 Å². The van der Waals surface area contributed by atoms with Crippen LogP contribution in [0.3, 0.4) is 0 Å². The van der Waals surface area contributed by atoms with E-state index in [0.29, 0.717) is 18.6 Å². The first kappa shape index (κ1) is 15.5. The predicted molar refractivity (Wildman–Crippen MR) is 86.9 cm³/mol. The highest BCUT2D eigenvalue weighted by Gasteiger charge is 2.24. The van der Waals surface area contributed by atoms with Crippen molar-refractivity contribution in [1.29, 1.82) is 0 Å². The van der Waals surface area contributed by atoms with Crippen molar-refractivity contribution in [3.8, 4) is 0 Å². The molecular weight excluding hydrogens is 278 g/mol. The lowest BCUT2D eigenvalue weighted by Crippen LogP contribution is -2.52.